The van der Waals surface area contributed by atoms with Gasteiger partial charge in [0.15, 0.2) is 0 Å². The van der Waals surface area contributed by atoms with Crippen LogP contribution in [0, 0.1) is 5.92 Å². The lowest BCUT2D eigenvalue weighted by Gasteiger charge is -2.31. The van der Waals surface area contributed by atoms with E-state index in [1.54, 1.807) is 6.33 Å². The predicted octanol–water partition coefficient (Wildman–Crippen LogP) is 2.97. The molecule has 1 saturated heterocycles. The fourth-order valence-corrected chi connectivity index (χ4v) is 4.00. The number of nitrogens with zero attached hydrogens (tertiary/aromatic N) is 3. The van der Waals surface area contributed by atoms with Crippen molar-refractivity contribution in [1.82, 2.24) is 9.97 Å². The van der Waals surface area contributed by atoms with Crippen LogP contribution >= 0.6 is 0 Å². The number of rotatable bonds is 5. The molecule has 1 saturated carbocycles. The van der Waals surface area contributed by atoms with Gasteiger partial charge in [-0.15, -0.1) is 0 Å². The van der Waals surface area contributed by atoms with Crippen molar-refractivity contribution in [3.8, 4) is 5.75 Å². The number of carbonyl (C=O) groups excluding carboxylic acids is 1. The van der Waals surface area contributed by atoms with Crippen molar-refractivity contribution in [2.75, 3.05) is 37.8 Å². The Morgan fingerprint density at radius 1 is 1.21 bits per heavy atom. The Hall–Kier alpha value is -2.41. The molecule has 2 heterocycles. The highest BCUT2D eigenvalue weighted by molar-refractivity contribution is 5.88. The summed E-state index contributed by atoms with van der Waals surface area (Å²) in [6.45, 7) is 5.48. The zero-order chi connectivity index (χ0) is 19.3. The molecule has 1 aliphatic carbocycles. The molecule has 2 aliphatic rings. The summed E-state index contributed by atoms with van der Waals surface area (Å²) in [5.74, 6) is 0.743. The molecule has 0 N–H and O–H groups in total. The summed E-state index contributed by atoms with van der Waals surface area (Å²) in [5.41, 5.74) is 1.99. The molecule has 0 bridgehead atoms. The number of anilines is 1. The van der Waals surface area contributed by atoms with Crippen LogP contribution in [-0.2, 0) is 14.3 Å². The minimum Gasteiger partial charge on any atom is -0.490 e. The van der Waals surface area contributed by atoms with Crippen LogP contribution in [0.15, 0.2) is 24.7 Å². The summed E-state index contributed by atoms with van der Waals surface area (Å²) in [6.07, 6.45) is 6.78. The van der Waals surface area contributed by atoms with Gasteiger partial charge >= 0.3 is 5.97 Å². The number of hydrogen-bond donors (Lipinski definition) is 0. The number of morpholine rings is 1. The average Bonchev–Trinajstić information content (AvgIpc) is 2.75. The highest BCUT2D eigenvalue weighted by Crippen LogP contribution is 2.34. The second kappa shape index (κ2) is 8.73. The van der Waals surface area contributed by atoms with E-state index in [1.807, 2.05) is 13.1 Å². The molecule has 2 aromatic rings. The number of benzene rings is 1. The summed E-state index contributed by atoms with van der Waals surface area (Å²) >= 11 is 0. The third-order valence-corrected chi connectivity index (χ3v) is 5.54. The van der Waals surface area contributed by atoms with Gasteiger partial charge in [0.1, 0.15) is 12.1 Å². The quantitative estimate of drug-likeness (QED) is 0.733. The van der Waals surface area contributed by atoms with Crippen molar-refractivity contribution in [3.05, 3.63) is 24.7 Å². The molecular formula is C21H27N3O4. The number of hydrogen-bond acceptors (Lipinski definition) is 7. The lowest BCUT2D eigenvalue weighted by atomic mass is 9.87. The predicted molar refractivity (Wildman–Crippen MR) is 106 cm³/mol. The third kappa shape index (κ3) is 4.19. The van der Waals surface area contributed by atoms with Gasteiger partial charge in [0.25, 0.3) is 0 Å². The van der Waals surface area contributed by atoms with E-state index in [4.69, 9.17) is 14.2 Å². The first-order valence-electron chi connectivity index (χ1n) is 10.1. The fourth-order valence-electron chi connectivity index (χ4n) is 4.00. The van der Waals surface area contributed by atoms with Crippen LogP contribution in [0.2, 0.25) is 0 Å². The van der Waals surface area contributed by atoms with Crippen LogP contribution in [-0.4, -0.2) is 55.0 Å². The fraction of sp³-hybridized carbons (Fsp3) is 0.571. The van der Waals surface area contributed by atoms with Gasteiger partial charge < -0.3 is 19.1 Å². The first kappa shape index (κ1) is 18.9. The smallest absolute Gasteiger partial charge is 0.308 e. The molecule has 1 aromatic heterocycles. The molecular weight excluding hydrogens is 358 g/mol. The normalized spacial score (nSPS) is 22.8. The maximum Gasteiger partial charge on any atom is 0.308 e. The Morgan fingerprint density at radius 2 is 2.00 bits per heavy atom. The minimum atomic E-state index is -0.0749. The van der Waals surface area contributed by atoms with Crippen LogP contribution in [0.25, 0.3) is 10.9 Å². The number of carbonyl (C=O) groups is 1. The SMILES string of the molecule is CCOC(=O)C1CCC(Oc2cc(N3CCOCC3)cc3ncncc23)CC1. The van der Waals surface area contributed by atoms with Gasteiger partial charge in [-0.1, -0.05) is 0 Å². The third-order valence-electron chi connectivity index (χ3n) is 5.54. The number of ether oxygens (including phenoxy) is 3. The lowest BCUT2D eigenvalue weighted by molar-refractivity contribution is -0.149. The van der Waals surface area contributed by atoms with Crippen molar-refractivity contribution in [2.45, 2.75) is 38.7 Å². The van der Waals surface area contributed by atoms with Gasteiger partial charge in [0, 0.05) is 31.0 Å². The molecule has 0 radical (unpaired) electrons. The summed E-state index contributed by atoms with van der Waals surface area (Å²) in [6, 6.07) is 4.18. The molecule has 4 rings (SSSR count). The van der Waals surface area contributed by atoms with Gasteiger partial charge in [-0.25, -0.2) is 9.97 Å². The maximum atomic E-state index is 12.0. The second-order valence-corrected chi connectivity index (χ2v) is 7.34. The zero-order valence-electron chi connectivity index (χ0n) is 16.3. The summed E-state index contributed by atoms with van der Waals surface area (Å²) in [4.78, 5) is 22.9. The van der Waals surface area contributed by atoms with E-state index in [-0.39, 0.29) is 18.0 Å². The van der Waals surface area contributed by atoms with Crippen LogP contribution < -0.4 is 9.64 Å². The minimum absolute atomic E-state index is 0.000406. The van der Waals surface area contributed by atoms with Gasteiger partial charge in [-0.05, 0) is 38.7 Å². The molecule has 2 fully saturated rings. The monoisotopic (exact) mass is 385 g/mol. The Kier molecular flexibility index (Phi) is 5.90. The molecule has 0 spiro atoms. The van der Waals surface area contributed by atoms with Crippen molar-refractivity contribution >= 4 is 22.6 Å². The van der Waals surface area contributed by atoms with E-state index in [9.17, 15) is 4.79 Å². The van der Waals surface area contributed by atoms with E-state index in [0.717, 1.165) is 74.3 Å². The molecule has 150 valence electrons. The standard InChI is InChI=1S/C21H27N3O4/c1-2-27-21(25)15-3-5-17(6-4-15)28-20-12-16(24-7-9-26-10-8-24)11-19-18(20)13-22-14-23-19/h11-15,17H,2-10H2,1H3. The molecule has 0 amide bonds. The molecule has 1 aliphatic heterocycles. The first-order chi connectivity index (χ1) is 13.7. The van der Waals surface area contributed by atoms with Gasteiger partial charge in [0.05, 0.1) is 42.7 Å². The summed E-state index contributed by atoms with van der Waals surface area (Å²) < 4.78 is 17.0. The molecule has 0 atom stereocenters. The Balaban J connectivity index is 1.51. The molecule has 1 aromatic carbocycles. The summed E-state index contributed by atoms with van der Waals surface area (Å²) in [5, 5.41) is 0.923. The van der Waals surface area contributed by atoms with Crippen LogP contribution in [0.4, 0.5) is 5.69 Å². The largest absolute Gasteiger partial charge is 0.490 e. The Morgan fingerprint density at radius 3 is 2.75 bits per heavy atom. The zero-order valence-corrected chi connectivity index (χ0v) is 16.3. The molecule has 0 unspecified atom stereocenters. The van der Waals surface area contributed by atoms with Gasteiger partial charge in [0.2, 0.25) is 0 Å². The second-order valence-electron chi connectivity index (χ2n) is 7.34. The van der Waals surface area contributed by atoms with E-state index < -0.39 is 0 Å². The average molecular weight is 385 g/mol. The maximum absolute atomic E-state index is 12.0. The van der Waals surface area contributed by atoms with Crippen molar-refractivity contribution in [3.63, 3.8) is 0 Å². The highest BCUT2D eigenvalue weighted by Gasteiger charge is 2.28. The molecule has 7 nitrogen and oxygen atoms in total. The topological polar surface area (TPSA) is 73.8 Å². The Bertz CT molecular complexity index is 814. The number of esters is 1. The van der Waals surface area contributed by atoms with E-state index >= 15 is 0 Å². The van der Waals surface area contributed by atoms with Crippen molar-refractivity contribution < 1.29 is 19.0 Å². The van der Waals surface area contributed by atoms with Gasteiger partial charge in [-0.3, -0.25) is 4.79 Å². The summed E-state index contributed by atoms with van der Waals surface area (Å²) in [7, 11) is 0. The lowest BCUT2D eigenvalue weighted by Crippen LogP contribution is -2.36. The van der Waals surface area contributed by atoms with Crippen LogP contribution in [0.3, 0.4) is 0 Å². The molecule has 28 heavy (non-hydrogen) atoms. The van der Waals surface area contributed by atoms with Crippen molar-refractivity contribution in [1.29, 1.82) is 0 Å². The first-order valence-corrected chi connectivity index (χ1v) is 10.1. The number of fused-ring (bicyclic) bond motifs is 1. The number of aromatic nitrogens is 2. The highest BCUT2D eigenvalue weighted by atomic mass is 16.5. The van der Waals surface area contributed by atoms with E-state index in [0.29, 0.717) is 6.61 Å². The van der Waals surface area contributed by atoms with Gasteiger partial charge in [-0.2, -0.15) is 0 Å². The van der Waals surface area contributed by atoms with E-state index in [2.05, 4.69) is 27.0 Å². The Labute approximate surface area is 165 Å². The van der Waals surface area contributed by atoms with Crippen LogP contribution in [0.1, 0.15) is 32.6 Å². The molecule has 7 heteroatoms. The van der Waals surface area contributed by atoms with Crippen LogP contribution in [0.5, 0.6) is 5.75 Å². The van der Waals surface area contributed by atoms with Crippen molar-refractivity contribution in [2.24, 2.45) is 5.92 Å². The van der Waals surface area contributed by atoms with E-state index in [1.165, 1.54) is 0 Å².